The van der Waals surface area contributed by atoms with Crippen molar-refractivity contribution in [2.45, 2.75) is 25.0 Å². The van der Waals surface area contributed by atoms with E-state index in [2.05, 4.69) is 15.3 Å². The zero-order chi connectivity index (χ0) is 20.1. The minimum Gasteiger partial charge on any atom is -0.347 e. The number of aromatic nitrogens is 1. The Hall–Kier alpha value is -1.43. The largest absolute Gasteiger partial charge is 0.347 e. The summed E-state index contributed by atoms with van der Waals surface area (Å²) >= 11 is 0. The van der Waals surface area contributed by atoms with Crippen LogP contribution in [0.15, 0.2) is 29.4 Å². The number of nitrogens with one attached hydrogen (secondary N) is 1. The molecule has 2 rings (SSSR count). The van der Waals surface area contributed by atoms with Gasteiger partial charge in [-0.05, 0) is 26.0 Å². The third-order valence-corrected chi connectivity index (χ3v) is 7.34. The summed E-state index contributed by atoms with van der Waals surface area (Å²) in [6, 6.07) is 5.72. The highest BCUT2D eigenvalue weighted by atomic mass is 127. The zero-order valence-electron chi connectivity index (χ0n) is 16.9. The number of guanidine groups is 1. The Labute approximate surface area is 184 Å². The van der Waals surface area contributed by atoms with Crippen LogP contribution in [-0.4, -0.2) is 85.8 Å². The first-order valence-electron chi connectivity index (χ1n) is 8.98. The number of hydrogen-bond acceptors (Lipinski definition) is 5. The van der Waals surface area contributed by atoms with Gasteiger partial charge in [-0.25, -0.2) is 8.42 Å². The van der Waals surface area contributed by atoms with Gasteiger partial charge in [0.15, 0.2) is 15.8 Å². The Morgan fingerprint density at radius 1 is 1.39 bits per heavy atom. The Morgan fingerprint density at radius 3 is 2.68 bits per heavy atom. The van der Waals surface area contributed by atoms with Crippen molar-refractivity contribution in [1.29, 1.82) is 0 Å². The number of pyridine rings is 1. The van der Waals surface area contributed by atoms with Gasteiger partial charge in [0.05, 0.1) is 17.0 Å². The van der Waals surface area contributed by atoms with Crippen molar-refractivity contribution in [3.8, 4) is 0 Å². The van der Waals surface area contributed by atoms with Crippen molar-refractivity contribution in [3.63, 3.8) is 0 Å². The minimum absolute atomic E-state index is 0. The molecule has 10 heteroatoms. The summed E-state index contributed by atoms with van der Waals surface area (Å²) in [5, 5.41) is 3.06. The second-order valence-corrected chi connectivity index (χ2v) is 10.0. The van der Waals surface area contributed by atoms with E-state index in [4.69, 9.17) is 0 Å². The molecule has 0 atom stereocenters. The summed E-state index contributed by atoms with van der Waals surface area (Å²) in [5.41, 5.74) is 0.942. The van der Waals surface area contributed by atoms with Gasteiger partial charge in [0.25, 0.3) is 0 Å². The van der Waals surface area contributed by atoms with Crippen molar-refractivity contribution in [2.24, 2.45) is 4.99 Å². The number of halogens is 1. The molecule has 1 aromatic rings. The number of carbonyl (C=O) groups is 1. The first-order chi connectivity index (χ1) is 12.7. The van der Waals surface area contributed by atoms with Crippen molar-refractivity contribution < 1.29 is 13.2 Å². The molecule has 0 bridgehead atoms. The molecule has 0 spiro atoms. The van der Waals surface area contributed by atoms with Crippen LogP contribution in [0.2, 0.25) is 0 Å². The average molecular weight is 523 g/mol. The molecule has 1 aliphatic heterocycles. The van der Waals surface area contributed by atoms with E-state index in [1.165, 1.54) is 0 Å². The van der Waals surface area contributed by atoms with E-state index in [-0.39, 0.29) is 42.2 Å². The molecule has 0 radical (unpaired) electrons. The molecule has 158 valence electrons. The van der Waals surface area contributed by atoms with Gasteiger partial charge in [0, 0.05) is 52.0 Å². The van der Waals surface area contributed by atoms with E-state index < -0.39 is 14.6 Å². The molecular weight excluding hydrogens is 493 g/mol. The van der Waals surface area contributed by atoms with Gasteiger partial charge >= 0.3 is 0 Å². The normalized spacial score (nSPS) is 18.1. The highest BCUT2D eigenvalue weighted by Crippen LogP contribution is 2.23. The van der Waals surface area contributed by atoms with Crippen LogP contribution in [0.3, 0.4) is 0 Å². The van der Waals surface area contributed by atoms with Gasteiger partial charge in [0.1, 0.15) is 0 Å². The minimum atomic E-state index is -3.12. The third kappa shape index (κ3) is 6.29. The predicted molar refractivity (Wildman–Crippen MR) is 122 cm³/mol. The lowest BCUT2D eigenvalue weighted by Crippen LogP contribution is -2.58. The summed E-state index contributed by atoms with van der Waals surface area (Å²) in [6.07, 6.45) is 2.43. The van der Waals surface area contributed by atoms with Gasteiger partial charge in [-0.3, -0.25) is 14.8 Å². The molecule has 8 nitrogen and oxygen atoms in total. The number of aliphatic imine (C=N–C) groups is 1. The first kappa shape index (κ1) is 24.6. The van der Waals surface area contributed by atoms with Crippen LogP contribution in [-0.2, 0) is 21.1 Å². The third-order valence-electron chi connectivity index (χ3n) is 4.81. The topological polar surface area (TPSA) is 95.0 Å². The second-order valence-electron chi connectivity index (χ2n) is 7.29. The number of likely N-dealkylation sites (N-methyl/N-ethyl adjacent to an activating group) is 1. The summed E-state index contributed by atoms with van der Waals surface area (Å²) in [7, 11) is 0.269. The number of sulfone groups is 1. The molecule has 1 aliphatic rings. The summed E-state index contributed by atoms with van der Waals surface area (Å²) in [4.78, 5) is 24.4. The number of rotatable bonds is 5. The molecule has 1 aromatic heterocycles. The van der Waals surface area contributed by atoms with Crippen LogP contribution < -0.4 is 5.32 Å². The van der Waals surface area contributed by atoms with Crippen LogP contribution in [0.5, 0.6) is 0 Å². The van der Waals surface area contributed by atoms with E-state index in [0.29, 0.717) is 32.0 Å². The number of amides is 1. The van der Waals surface area contributed by atoms with E-state index >= 15 is 0 Å². The SMILES string of the molecule is CN=C(NCC(=O)N(C)CCc1ccccn1)N1CCS(=O)(=O)C(C)(C)C1.I. The molecule has 28 heavy (non-hydrogen) atoms. The summed E-state index contributed by atoms with van der Waals surface area (Å²) in [6.45, 7) is 4.84. The van der Waals surface area contributed by atoms with Gasteiger partial charge in [0.2, 0.25) is 5.91 Å². The van der Waals surface area contributed by atoms with Gasteiger partial charge in [-0.1, -0.05) is 6.07 Å². The predicted octanol–water partition coefficient (Wildman–Crippen LogP) is 0.785. The van der Waals surface area contributed by atoms with Crippen molar-refractivity contribution in [3.05, 3.63) is 30.1 Å². The second kappa shape index (κ2) is 10.4. The van der Waals surface area contributed by atoms with E-state index in [1.807, 2.05) is 23.1 Å². The fourth-order valence-electron chi connectivity index (χ4n) is 2.90. The van der Waals surface area contributed by atoms with Crippen molar-refractivity contribution in [1.82, 2.24) is 20.1 Å². The molecule has 1 N–H and O–H groups in total. The van der Waals surface area contributed by atoms with Crippen LogP contribution in [0.1, 0.15) is 19.5 Å². The molecule has 0 saturated carbocycles. The van der Waals surface area contributed by atoms with Gasteiger partial charge in [-0.2, -0.15) is 0 Å². The van der Waals surface area contributed by atoms with Gasteiger partial charge in [-0.15, -0.1) is 24.0 Å². The van der Waals surface area contributed by atoms with Crippen LogP contribution in [0, 0.1) is 0 Å². The smallest absolute Gasteiger partial charge is 0.241 e. The molecule has 1 amide bonds. The van der Waals surface area contributed by atoms with E-state index in [1.54, 1.807) is 39.0 Å². The maximum atomic E-state index is 12.4. The molecule has 0 aliphatic carbocycles. The number of hydrogen-bond donors (Lipinski definition) is 1. The Bertz CT molecular complexity index is 784. The lowest BCUT2D eigenvalue weighted by Gasteiger charge is -2.39. The summed E-state index contributed by atoms with van der Waals surface area (Å²) < 4.78 is 23.5. The van der Waals surface area contributed by atoms with Crippen molar-refractivity contribution >= 4 is 45.7 Å². The molecule has 1 fully saturated rings. The Balaban J connectivity index is 0.00000392. The molecule has 0 aromatic carbocycles. The Morgan fingerprint density at radius 2 is 2.11 bits per heavy atom. The molecule has 1 saturated heterocycles. The van der Waals surface area contributed by atoms with E-state index in [0.717, 1.165) is 5.69 Å². The maximum absolute atomic E-state index is 12.4. The molecular formula is C18H30IN5O3S. The number of carbonyl (C=O) groups excluding carboxylic acids is 1. The van der Waals surface area contributed by atoms with Crippen LogP contribution >= 0.6 is 24.0 Å². The van der Waals surface area contributed by atoms with Crippen LogP contribution in [0.25, 0.3) is 0 Å². The van der Waals surface area contributed by atoms with E-state index in [9.17, 15) is 13.2 Å². The first-order valence-corrected chi connectivity index (χ1v) is 10.6. The highest BCUT2D eigenvalue weighted by Gasteiger charge is 2.41. The monoisotopic (exact) mass is 523 g/mol. The molecule has 0 unspecified atom stereocenters. The zero-order valence-corrected chi connectivity index (χ0v) is 20.0. The standard InChI is InChI=1S/C18H29N5O3S.HI/c1-18(2)14-23(11-12-27(18,25)26)17(19-3)21-13-16(24)22(4)10-8-15-7-5-6-9-20-15;/h5-7,9H,8,10-14H2,1-4H3,(H,19,21);1H. The van der Waals surface area contributed by atoms with Crippen molar-refractivity contribution in [2.75, 3.05) is 46.0 Å². The average Bonchev–Trinajstić information content (AvgIpc) is 2.63. The highest BCUT2D eigenvalue weighted by molar-refractivity contribution is 14.0. The lowest BCUT2D eigenvalue weighted by molar-refractivity contribution is -0.128. The maximum Gasteiger partial charge on any atom is 0.241 e. The molecule has 2 heterocycles. The lowest BCUT2D eigenvalue weighted by atomic mass is 10.2. The Kier molecular flexibility index (Phi) is 9.12. The summed E-state index contributed by atoms with van der Waals surface area (Å²) in [5.74, 6) is 0.568. The van der Waals surface area contributed by atoms with Gasteiger partial charge < -0.3 is 15.1 Å². The van der Waals surface area contributed by atoms with Crippen LogP contribution in [0.4, 0.5) is 0 Å². The quantitative estimate of drug-likeness (QED) is 0.349. The fraction of sp³-hybridized carbons (Fsp3) is 0.611. The fourth-order valence-corrected chi connectivity index (χ4v) is 4.27. The number of nitrogens with zero attached hydrogens (tertiary/aromatic N) is 4.